The lowest BCUT2D eigenvalue weighted by Gasteiger charge is -2.28. The van der Waals surface area contributed by atoms with Crippen LogP contribution in [-0.2, 0) is 21.4 Å². The van der Waals surface area contributed by atoms with Gasteiger partial charge in [-0.2, -0.15) is 0 Å². The molecule has 208 valence electrons. The van der Waals surface area contributed by atoms with Crippen LogP contribution in [0.4, 0.5) is 15.8 Å². The van der Waals surface area contributed by atoms with E-state index in [1.165, 1.54) is 63.8 Å². The zero-order chi connectivity index (χ0) is 28.0. The fourth-order valence-corrected chi connectivity index (χ4v) is 6.03. The van der Waals surface area contributed by atoms with Crippen molar-refractivity contribution in [2.75, 3.05) is 43.1 Å². The molecule has 11 heteroatoms. The molecular weight excluding hydrogens is 545 g/mol. The number of hydrogen-bond acceptors (Lipinski definition) is 6. The molecule has 1 aliphatic heterocycles. The van der Waals surface area contributed by atoms with E-state index in [4.69, 9.17) is 21.1 Å². The van der Waals surface area contributed by atoms with Crippen molar-refractivity contribution in [1.82, 2.24) is 5.32 Å². The van der Waals surface area contributed by atoms with Gasteiger partial charge in [0.25, 0.3) is 10.0 Å². The minimum absolute atomic E-state index is 0.0391. The second-order valence-electron chi connectivity index (χ2n) is 9.12. The number of carbonyl (C=O) groups is 1. The number of benzene rings is 3. The number of carbonyl (C=O) groups excluding carboxylic acids is 1. The van der Waals surface area contributed by atoms with Gasteiger partial charge in [0.15, 0.2) is 11.5 Å². The summed E-state index contributed by atoms with van der Waals surface area (Å²) in [6.45, 7) is 1.74. The Morgan fingerprint density at radius 3 is 2.31 bits per heavy atom. The maximum Gasteiger partial charge on any atom is 0.264 e. The number of sulfonamides is 1. The Bertz CT molecular complexity index is 1410. The standard InChI is InChI=1S/C28H31ClFN3O5S/c1-37-26-13-11-23(17-27(26)38-2)39(35,36)33(22-10-12-25(30)24(29)16-22)19-28(34)31-18-20-6-8-21(9-7-20)32-14-4-3-5-15-32/h6-13,16-17H,3-5,14-15,18-19H2,1-2H3,(H,31,34). The Labute approximate surface area is 233 Å². The highest BCUT2D eigenvalue weighted by Gasteiger charge is 2.29. The second kappa shape index (κ2) is 12.6. The molecule has 1 aliphatic rings. The molecule has 1 amide bonds. The maximum atomic E-state index is 13.9. The predicted molar refractivity (Wildman–Crippen MR) is 150 cm³/mol. The molecule has 1 fully saturated rings. The number of amides is 1. The zero-order valence-electron chi connectivity index (χ0n) is 21.8. The number of hydrogen-bond donors (Lipinski definition) is 1. The van der Waals surface area contributed by atoms with E-state index in [-0.39, 0.29) is 27.9 Å². The van der Waals surface area contributed by atoms with Crippen LogP contribution in [0.25, 0.3) is 0 Å². The molecule has 3 aromatic carbocycles. The van der Waals surface area contributed by atoms with Crippen LogP contribution in [0.3, 0.4) is 0 Å². The summed E-state index contributed by atoms with van der Waals surface area (Å²) in [5.41, 5.74) is 2.06. The molecule has 3 aromatic rings. The van der Waals surface area contributed by atoms with Gasteiger partial charge in [-0.15, -0.1) is 0 Å². The second-order valence-corrected chi connectivity index (χ2v) is 11.4. The highest BCUT2D eigenvalue weighted by Crippen LogP contribution is 2.33. The van der Waals surface area contributed by atoms with Crippen molar-refractivity contribution in [2.45, 2.75) is 30.7 Å². The van der Waals surface area contributed by atoms with Crippen LogP contribution < -0.4 is 24.0 Å². The molecule has 0 radical (unpaired) electrons. The number of piperidine rings is 1. The highest BCUT2D eigenvalue weighted by molar-refractivity contribution is 7.92. The van der Waals surface area contributed by atoms with E-state index in [9.17, 15) is 17.6 Å². The van der Waals surface area contributed by atoms with E-state index in [1.54, 1.807) is 0 Å². The Morgan fingerprint density at radius 1 is 0.974 bits per heavy atom. The summed E-state index contributed by atoms with van der Waals surface area (Å²) in [5, 5.41) is 2.51. The van der Waals surface area contributed by atoms with E-state index in [0.717, 1.165) is 34.7 Å². The van der Waals surface area contributed by atoms with E-state index in [0.29, 0.717) is 5.75 Å². The quantitative estimate of drug-likeness (QED) is 0.366. The monoisotopic (exact) mass is 575 g/mol. The summed E-state index contributed by atoms with van der Waals surface area (Å²) in [6.07, 6.45) is 3.61. The normalized spacial score (nSPS) is 13.6. The van der Waals surface area contributed by atoms with Crippen molar-refractivity contribution in [3.8, 4) is 11.5 Å². The molecule has 1 N–H and O–H groups in total. The van der Waals surface area contributed by atoms with Crippen LogP contribution in [0, 0.1) is 5.82 Å². The van der Waals surface area contributed by atoms with Gasteiger partial charge in [0.05, 0.1) is 29.8 Å². The molecule has 0 aliphatic carbocycles. The number of nitrogens with one attached hydrogen (secondary N) is 1. The van der Waals surface area contributed by atoms with Gasteiger partial charge >= 0.3 is 0 Å². The number of rotatable bonds is 10. The number of nitrogens with zero attached hydrogens (tertiary/aromatic N) is 2. The molecule has 0 bridgehead atoms. The fourth-order valence-electron chi connectivity index (χ4n) is 4.42. The Morgan fingerprint density at radius 2 is 1.67 bits per heavy atom. The third kappa shape index (κ3) is 6.75. The highest BCUT2D eigenvalue weighted by atomic mass is 35.5. The van der Waals surface area contributed by atoms with Crippen molar-refractivity contribution in [1.29, 1.82) is 0 Å². The number of ether oxygens (including phenoxy) is 2. The first-order valence-electron chi connectivity index (χ1n) is 12.5. The Hall–Kier alpha value is -3.50. The number of methoxy groups -OCH3 is 2. The van der Waals surface area contributed by atoms with Gasteiger partial charge in [-0.25, -0.2) is 12.8 Å². The average molecular weight is 576 g/mol. The molecule has 8 nitrogen and oxygen atoms in total. The van der Waals surface area contributed by atoms with Gasteiger partial charge in [-0.05, 0) is 67.3 Å². The van der Waals surface area contributed by atoms with Crippen LogP contribution >= 0.6 is 11.6 Å². The van der Waals surface area contributed by atoms with Crippen LogP contribution in [-0.4, -0.2) is 48.2 Å². The Balaban J connectivity index is 1.53. The molecule has 1 saturated heterocycles. The zero-order valence-corrected chi connectivity index (χ0v) is 23.4. The summed E-state index contributed by atoms with van der Waals surface area (Å²) in [4.78, 5) is 15.2. The van der Waals surface area contributed by atoms with Crippen LogP contribution in [0.2, 0.25) is 5.02 Å². The average Bonchev–Trinajstić information content (AvgIpc) is 2.96. The summed E-state index contributed by atoms with van der Waals surface area (Å²) in [7, 11) is -1.46. The van der Waals surface area contributed by atoms with E-state index in [2.05, 4.69) is 10.2 Å². The van der Waals surface area contributed by atoms with Gasteiger partial charge in [0, 0.05) is 31.4 Å². The SMILES string of the molecule is COc1ccc(S(=O)(=O)N(CC(=O)NCc2ccc(N3CCCCC3)cc2)c2ccc(F)c(Cl)c2)cc1OC. The van der Waals surface area contributed by atoms with Crippen LogP contribution in [0.15, 0.2) is 65.6 Å². The van der Waals surface area contributed by atoms with Gasteiger partial charge < -0.3 is 19.7 Å². The third-order valence-corrected chi connectivity index (χ3v) is 8.63. The van der Waals surface area contributed by atoms with Gasteiger partial charge in [0.2, 0.25) is 5.91 Å². The summed E-state index contributed by atoms with van der Waals surface area (Å²) >= 11 is 5.95. The van der Waals surface area contributed by atoms with E-state index in [1.807, 2.05) is 24.3 Å². The van der Waals surface area contributed by atoms with Crippen molar-refractivity contribution in [3.63, 3.8) is 0 Å². The molecular formula is C28H31ClFN3O5S. The summed E-state index contributed by atoms with van der Waals surface area (Å²) in [5.74, 6) is -0.703. The molecule has 0 spiro atoms. The van der Waals surface area contributed by atoms with Gasteiger partial charge in [-0.3, -0.25) is 9.10 Å². The predicted octanol–water partition coefficient (Wildman–Crippen LogP) is 5.00. The summed E-state index contributed by atoms with van der Waals surface area (Å²) in [6, 6.07) is 15.5. The molecule has 0 aromatic heterocycles. The first-order valence-corrected chi connectivity index (χ1v) is 14.3. The lowest BCUT2D eigenvalue weighted by molar-refractivity contribution is -0.119. The number of anilines is 2. The minimum atomic E-state index is -4.29. The first-order chi connectivity index (χ1) is 18.7. The molecule has 0 saturated carbocycles. The third-order valence-electron chi connectivity index (χ3n) is 6.57. The van der Waals surface area contributed by atoms with Crippen molar-refractivity contribution >= 4 is 38.9 Å². The van der Waals surface area contributed by atoms with Crippen molar-refractivity contribution in [3.05, 3.63) is 77.1 Å². The smallest absolute Gasteiger partial charge is 0.264 e. The molecule has 0 atom stereocenters. The largest absolute Gasteiger partial charge is 0.493 e. The van der Waals surface area contributed by atoms with Gasteiger partial charge in [-0.1, -0.05) is 23.7 Å². The fraction of sp³-hybridized carbons (Fsp3) is 0.321. The number of halogens is 2. The lowest BCUT2D eigenvalue weighted by Crippen LogP contribution is -2.40. The molecule has 39 heavy (non-hydrogen) atoms. The van der Waals surface area contributed by atoms with Crippen LogP contribution in [0.5, 0.6) is 11.5 Å². The summed E-state index contributed by atoms with van der Waals surface area (Å²) < 4.78 is 52.6. The minimum Gasteiger partial charge on any atom is -0.493 e. The lowest BCUT2D eigenvalue weighted by atomic mass is 10.1. The van der Waals surface area contributed by atoms with E-state index < -0.39 is 28.3 Å². The van der Waals surface area contributed by atoms with E-state index >= 15 is 0 Å². The molecule has 0 unspecified atom stereocenters. The van der Waals surface area contributed by atoms with Crippen LogP contribution in [0.1, 0.15) is 24.8 Å². The Kier molecular flexibility index (Phi) is 9.19. The molecule has 4 rings (SSSR count). The maximum absolute atomic E-state index is 13.9. The van der Waals surface area contributed by atoms with Crippen molar-refractivity contribution < 1.29 is 27.1 Å². The van der Waals surface area contributed by atoms with Crippen molar-refractivity contribution in [2.24, 2.45) is 0 Å². The first kappa shape index (κ1) is 28.5. The molecule has 1 heterocycles. The topological polar surface area (TPSA) is 88.2 Å². The van der Waals surface area contributed by atoms with Gasteiger partial charge in [0.1, 0.15) is 12.4 Å².